The smallest absolute Gasteiger partial charge is 0.244 e. The zero-order chi connectivity index (χ0) is 13.9. The summed E-state index contributed by atoms with van der Waals surface area (Å²) in [5.41, 5.74) is 5.57. The van der Waals surface area contributed by atoms with Crippen LogP contribution in [-0.2, 0) is 10.0 Å². The van der Waals surface area contributed by atoms with Gasteiger partial charge in [0.2, 0.25) is 10.0 Å². The molecule has 0 saturated heterocycles. The highest BCUT2D eigenvalue weighted by atomic mass is 32.2. The van der Waals surface area contributed by atoms with Gasteiger partial charge >= 0.3 is 0 Å². The number of nitrogen functional groups attached to an aromatic ring is 1. The van der Waals surface area contributed by atoms with E-state index in [0.717, 1.165) is 19.3 Å². The lowest BCUT2D eigenvalue weighted by Crippen LogP contribution is -2.32. The average Bonchev–Trinajstić information content (AvgIpc) is 2.84. The van der Waals surface area contributed by atoms with Gasteiger partial charge in [-0.05, 0) is 36.8 Å². The molecule has 0 amide bonds. The van der Waals surface area contributed by atoms with Crippen molar-refractivity contribution in [1.29, 1.82) is 0 Å². The fourth-order valence-corrected chi connectivity index (χ4v) is 3.72. The van der Waals surface area contributed by atoms with Crippen molar-refractivity contribution in [3.05, 3.63) is 18.3 Å². The first-order valence-corrected chi connectivity index (χ1v) is 7.84. The van der Waals surface area contributed by atoms with E-state index in [-0.39, 0.29) is 29.2 Å². The van der Waals surface area contributed by atoms with Gasteiger partial charge in [-0.1, -0.05) is 6.42 Å². The number of sulfonamides is 1. The lowest BCUT2D eigenvalue weighted by atomic mass is 9.97. The molecule has 1 aliphatic carbocycles. The second-order valence-electron chi connectivity index (χ2n) is 4.87. The van der Waals surface area contributed by atoms with Crippen LogP contribution in [-0.4, -0.2) is 31.7 Å². The van der Waals surface area contributed by atoms with Gasteiger partial charge in [-0.2, -0.15) is 0 Å². The molecule has 19 heavy (non-hydrogen) atoms. The number of nitrogens with two attached hydrogens (primary N) is 1. The molecule has 1 aliphatic rings. The molecule has 1 aromatic heterocycles. The summed E-state index contributed by atoms with van der Waals surface area (Å²) in [4.78, 5) is 3.78. The van der Waals surface area contributed by atoms with Gasteiger partial charge in [-0.3, -0.25) is 0 Å². The second kappa shape index (κ2) is 5.85. The van der Waals surface area contributed by atoms with Gasteiger partial charge in [0.05, 0.1) is 0 Å². The summed E-state index contributed by atoms with van der Waals surface area (Å²) >= 11 is 0. The summed E-state index contributed by atoms with van der Waals surface area (Å²) in [6.45, 7) is 0.448. The highest BCUT2D eigenvalue weighted by Crippen LogP contribution is 2.31. The number of aromatic nitrogens is 1. The van der Waals surface area contributed by atoms with Gasteiger partial charge in [0.15, 0.2) is 0 Å². The molecule has 2 unspecified atom stereocenters. The Balaban J connectivity index is 2.04. The Morgan fingerprint density at radius 2 is 2.16 bits per heavy atom. The van der Waals surface area contributed by atoms with E-state index in [1.165, 1.54) is 18.3 Å². The van der Waals surface area contributed by atoms with Crippen LogP contribution >= 0.6 is 0 Å². The van der Waals surface area contributed by atoms with Gasteiger partial charge in [-0.15, -0.1) is 0 Å². The molecule has 1 aromatic rings. The summed E-state index contributed by atoms with van der Waals surface area (Å²) < 4.78 is 26.8. The molecule has 0 aromatic carbocycles. The van der Waals surface area contributed by atoms with Gasteiger partial charge in [0.25, 0.3) is 0 Å². The van der Waals surface area contributed by atoms with E-state index >= 15 is 0 Å². The number of pyridine rings is 1. The van der Waals surface area contributed by atoms with E-state index in [0.29, 0.717) is 6.54 Å². The van der Waals surface area contributed by atoms with Gasteiger partial charge in [-0.25, -0.2) is 18.1 Å². The number of anilines is 1. The maximum Gasteiger partial charge on any atom is 0.244 e. The monoisotopic (exact) mass is 285 g/mol. The van der Waals surface area contributed by atoms with Crippen LogP contribution in [0.3, 0.4) is 0 Å². The van der Waals surface area contributed by atoms with Crippen molar-refractivity contribution in [3.63, 3.8) is 0 Å². The zero-order valence-electron chi connectivity index (χ0n) is 10.6. The summed E-state index contributed by atoms with van der Waals surface area (Å²) in [5.74, 6) is 0.381. The lowest BCUT2D eigenvalue weighted by molar-refractivity contribution is 0.195. The predicted octanol–water partition coefficient (Wildman–Crippen LogP) is 0.351. The third kappa shape index (κ3) is 3.23. The molecule has 106 valence electrons. The van der Waals surface area contributed by atoms with Crippen LogP contribution in [0.5, 0.6) is 0 Å². The molecule has 6 nitrogen and oxygen atoms in total. The van der Waals surface area contributed by atoms with Crippen molar-refractivity contribution in [2.24, 2.45) is 11.8 Å². The minimum absolute atomic E-state index is 0.000120. The molecule has 2 atom stereocenters. The zero-order valence-corrected chi connectivity index (χ0v) is 11.4. The molecule has 7 heteroatoms. The quantitative estimate of drug-likeness (QED) is 0.724. The van der Waals surface area contributed by atoms with E-state index in [2.05, 4.69) is 9.71 Å². The van der Waals surface area contributed by atoms with Crippen LogP contribution < -0.4 is 10.5 Å². The third-order valence-electron chi connectivity index (χ3n) is 3.68. The normalized spacial score (nSPS) is 23.6. The molecule has 0 bridgehead atoms. The Morgan fingerprint density at radius 1 is 1.42 bits per heavy atom. The van der Waals surface area contributed by atoms with E-state index in [4.69, 9.17) is 5.73 Å². The van der Waals surface area contributed by atoms with Crippen LogP contribution in [0.1, 0.15) is 19.3 Å². The summed E-state index contributed by atoms with van der Waals surface area (Å²) in [6.07, 6.45) is 4.38. The molecule has 0 aliphatic heterocycles. The highest BCUT2D eigenvalue weighted by molar-refractivity contribution is 7.89. The molecule has 1 heterocycles. The van der Waals surface area contributed by atoms with Crippen molar-refractivity contribution >= 4 is 15.8 Å². The second-order valence-corrected chi connectivity index (χ2v) is 6.61. The first-order valence-electron chi connectivity index (χ1n) is 6.35. The number of aliphatic hydroxyl groups is 1. The summed E-state index contributed by atoms with van der Waals surface area (Å²) in [6, 6.07) is 2.97. The average molecular weight is 285 g/mol. The van der Waals surface area contributed by atoms with E-state index in [1.807, 2.05) is 0 Å². The van der Waals surface area contributed by atoms with Crippen molar-refractivity contribution < 1.29 is 13.5 Å². The van der Waals surface area contributed by atoms with Crippen LogP contribution in [0, 0.1) is 11.8 Å². The van der Waals surface area contributed by atoms with Crippen molar-refractivity contribution in [2.45, 2.75) is 24.2 Å². The minimum Gasteiger partial charge on any atom is -0.396 e. The SMILES string of the molecule is Nc1ncccc1S(=O)(=O)NCC1CCCC1CO. The molecule has 2 rings (SSSR count). The van der Waals surface area contributed by atoms with Gasteiger partial charge in [0.1, 0.15) is 10.7 Å². The maximum atomic E-state index is 12.1. The number of hydrogen-bond acceptors (Lipinski definition) is 5. The topological polar surface area (TPSA) is 105 Å². The highest BCUT2D eigenvalue weighted by Gasteiger charge is 2.28. The van der Waals surface area contributed by atoms with E-state index in [1.54, 1.807) is 0 Å². The molecular formula is C12H19N3O3S. The Kier molecular flexibility index (Phi) is 4.38. The van der Waals surface area contributed by atoms with Crippen molar-refractivity contribution in [1.82, 2.24) is 9.71 Å². The maximum absolute atomic E-state index is 12.1. The van der Waals surface area contributed by atoms with Gasteiger partial charge < -0.3 is 10.8 Å². The van der Waals surface area contributed by atoms with Crippen LogP contribution in [0.4, 0.5) is 5.82 Å². The molecular weight excluding hydrogens is 266 g/mol. The Hall–Kier alpha value is -1.18. The standard InChI is InChI=1S/C12H19N3O3S/c13-12-11(5-2-6-14-12)19(17,18)15-7-9-3-1-4-10(9)8-16/h2,5-6,9-10,15-16H,1,3-4,7-8H2,(H2,13,14). The lowest BCUT2D eigenvalue weighted by Gasteiger charge is -2.18. The van der Waals surface area contributed by atoms with Crippen molar-refractivity contribution in [3.8, 4) is 0 Å². The Morgan fingerprint density at radius 3 is 2.84 bits per heavy atom. The fourth-order valence-electron chi connectivity index (χ4n) is 2.55. The van der Waals surface area contributed by atoms with E-state index < -0.39 is 10.0 Å². The predicted molar refractivity (Wildman–Crippen MR) is 71.8 cm³/mol. The minimum atomic E-state index is -3.63. The largest absolute Gasteiger partial charge is 0.396 e. The van der Waals surface area contributed by atoms with E-state index in [9.17, 15) is 13.5 Å². The third-order valence-corrected chi connectivity index (χ3v) is 5.15. The first-order chi connectivity index (χ1) is 9.04. The van der Waals surface area contributed by atoms with Crippen LogP contribution in [0.2, 0.25) is 0 Å². The number of nitrogens with one attached hydrogen (secondary N) is 1. The number of hydrogen-bond donors (Lipinski definition) is 3. The fraction of sp³-hybridized carbons (Fsp3) is 0.583. The molecule has 1 fully saturated rings. The Labute approximate surface area is 113 Å². The molecule has 0 radical (unpaired) electrons. The molecule has 0 spiro atoms. The summed E-state index contributed by atoms with van der Waals surface area (Å²) in [7, 11) is -3.63. The number of nitrogens with zero attached hydrogens (tertiary/aromatic N) is 1. The van der Waals surface area contributed by atoms with Crippen LogP contribution in [0.15, 0.2) is 23.2 Å². The Bertz CT molecular complexity index is 533. The molecule has 1 saturated carbocycles. The van der Waals surface area contributed by atoms with Gasteiger partial charge in [0, 0.05) is 19.3 Å². The van der Waals surface area contributed by atoms with Crippen LogP contribution in [0.25, 0.3) is 0 Å². The number of aliphatic hydroxyl groups excluding tert-OH is 1. The number of rotatable bonds is 5. The first kappa shape index (κ1) is 14.2. The molecule has 4 N–H and O–H groups in total. The van der Waals surface area contributed by atoms with Crippen molar-refractivity contribution in [2.75, 3.05) is 18.9 Å². The summed E-state index contributed by atoms with van der Waals surface area (Å²) in [5, 5.41) is 9.22.